The van der Waals surface area contributed by atoms with Crippen molar-refractivity contribution in [3.8, 4) is 12.3 Å². The Balaban J connectivity index is 2.06. The highest BCUT2D eigenvalue weighted by atomic mass is 16.3. The standard InChI is InChI=1S/C13H11N3O5/c1-2-5-14-10(17)8-16-12(19)11(18)15(13(16)20)7-9-4-3-6-21-9/h1,3-4,6H,5,7-8H2,(H,14,17). The van der Waals surface area contributed by atoms with E-state index in [0.29, 0.717) is 10.7 Å². The van der Waals surface area contributed by atoms with Crippen molar-refractivity contribution in [2.24, 2.45) is 0 Å². The number of urea groups is 1. The second-order valence-corrected chi connectivity index (χ2v) is 4.13. The Bertz CT molecular complexity index is 629. The van der Waals surface area contributed by atoms with Crippen LogP contribution in [-0.2, 0) is 20.9 Å². The van der Waals surface area contributed by atoms with Crippen LogP contribution in [0.5, 0.6) is 0 Å². The summed E-state index contributed by atoms with van der Waals surface area (Å²) in [7, 11) is 0. The quantitative estimate of drug-likeness (QED) is 0.440. The third kappa shape index (κ3) is 2.92. The number of carbonyl (C=O) groups excluding carboxylic acids is 4. The molecule has 8 nitrogen and oxygen atoms in total. The summed E-state index contributed by atoms with van der Waals surface area (Å²) in [5.41, 5.74) is 0. The van der Waals surface area contributed by atoms with E-state index in [1.54, 1.807) is 12.1 Å². The number of rotatable bonds is 5. The molecule has 2 heterocycles. The number of imide groups is 2. The van der Waals surface area contributed by atoms with Gasteiger partial charge in [-0.3, -0.25) is 14.4 Å². The largest absolute Gasteiger partial charge is 0.467 e. The molecule has 0 radical (unpaired) electrons. The average molecular weight is 289 g/mol. The molecule has 0 bridgehead atoms. The predicted molar refractivity (Wildman–Crippen MR) is 68.2 cm³/mol. The first-order valence-electron chi connectivity index (χ1n) is 5.94. The molecule has 0 aromatic carbocycles. The fourth-order valence-electron chi connectivity index (χ4n) is 1.74. The lowest BCUT2D eigenvalue weighted by Gasteiger charge is -2.13. The van der Waals surface area contributed by atoms with E-state index in [4.69, 9.17) is 10.8 Å². The molecule has 21 heavy (non-hydrogen) atoms. The van der Waals surface area contributed by atoms with E-state index >= 15 is 0 Å². The summed E-state index contributed by atoms with van der Waals surface area (Å²) >= 11 is 0. The monoisotopic (exact) mass is 289 g/mol. The van der Waals surface area contributed by atoms with Gasteiger partial charge in [-0.1, -0.05) is 5.92 Å². The van der Waals surface area contributed by atoms with E-state index in [1.165, 1.54) is 6.26 Å². The Labute approximate surface area is 119 Å². The normalized spacial score (nSPS) is 14.5. The van der Waals surface area contributed by atoms with Crippen molar-refractivity contribution in [3.63, 3.8) is 0 Å². The van der Waals surface area contributed by atoms with Crippen LogP contribution in [0, 0.1) is 12.3 Å². The number of hydrogen-bond acceptors (Lipinski definition) is 5. The maximum atomic E-state index is 12.0. The molecule has 1 aliphatic rings. The Morgan fingerprint density at radius 2 is 2.00 bits per heavy atom. The Morgan fingerprint density at radius 3 is 2.62 bits per heavy atom. The zero-order valence-electron chi connectivity index (χ0n) is 10.9. The minimum absolute atomic E-state index is 0.0287. The van der Waals surface area contributed by atoms with Crippen LogP contribution >= 0.6 is 0 Å². The second-order valence-electron chi connectivity index (χ2n) is 4.13. The number of nitrogens with zero attached hydrogens (tertiary/aromatic N) is 2. The fourth-order valence-corrected chi connectivity index (χ4v) is 1.74. The third-order valence-corrected chi connectivity index (χ3v) is 2.72. The van der Waals surface area contributed by atoms with E-state index in [-0.39, 0.29) is 13.1 Å². The van der Waals surface area contributed by atoms with E-state index in [2.05, 4.69) is 11.2 Å². The molecule has 2 rings (SSSR count). The molecule has 1 N–H and O–H groups in total. The molecule has 1 aromatic rings. The highest BCUT2D eigenvalue weighted by Gasteiger charge is 2.45. The lowest BCUT2D eigenvalue weighted by molar-refractivity contribution is -0.144. The highest BCUT2D eigenvalue weighted by molar-refractivity contribution is 6.44. The van der Waals surface area contributed by atoms with Crippen LogP contribution in [0.15, 0.2) is 22.8 Å². The van der Waals surface area contributed by atoms with Gasteiger partial charge in [-0.25, -0.2) is 14.6 Å². The maximum absolute atomic E-state index is 12.0. The van der Waals surface area contributed by atoms with E-state index in [1.807, 2.05) is 0 Å². The molecule has 0 aliphatic carbocycles. The van der Waals surface area contributed by atoms with Crippen molar-refractivity contribution >= 4 is 23.8 Å². The molecule has 0 saturated carbocycles. The number of furan rings is 1. The van der Waals surface area contributed by atoms with Crippen molar-refractivity contribution in [3.05, 3.63) is 24.2 Å². The molecule has 0 atom stereocenters. The molecular formula is C13H11N3O5. The zero-order chi connectivity index (χ0) is 15.4. The summed E-state index contributed by atoms with van der Waals surface area (Å²) < 4.78 is 5.02. The van der Waals surface area contributed by atoms with Gasteiger partial charge in [0.15, 0.2) is 0 Å². The summed E-state index contributed by atoms with van der Waals surface area (Å²) in [6.07, 6.45) is 6.36. The Kier molecular flexibility index (Phi) is 4.04. The summed E-state index contributed by atoms with van der Waals surface area (Å²) in [5.74, 6) is -0.142. The van der Waals surface area contributed by atoms with Crippen LogP contribution in [0.2, 0.25) is 0 Å². The second kappa shape index (κ2) is 5.92. The molecular weight excluding hydrogens is 278 g/mol. The van der Waals surface area contributed by atoms with E-state index < -0.39 is 30.3 Å². The fraction of sp³-hybridized carbons (Fsp3) is 0.231. The Morgan fingerprint density at radius 1 is 1.29 bits per heavy atom. The number of terminal acetylenes is 1. The molecule has 1 aromatic heterocycles. The van der Waals surface area contributed by atoms with Crippen molar-refractivity contribution < 1.29 is 23.6 Å². The smallest absolute Gasteiger partial charge is 0.335 e. The number of carbonyl (C=O) groups is 4. The van der Waals surface area contributed by atoms with Gasteiger partial charge in [0.2, 0.25) is 5.91 Å². The predicted octanol–water partition coefficient (Wildman–Crippen LogP) is -0.680. The summed E-state index contributed by atoms with van der Waals surface area (Å²) in [4.78, 5) is 48.3. The topological polar surface area (TPSA) is 99.9 Å². The first-order valence-corrected chi connectivity index (χ1v) is 5.94. The van der Waals surface area contributed by atoms with Gasteiger partial charge in [0.1, 0.15) is 12.3 Å². The average Bonchev–Trinajstić information content (AvgIpc) is 3.04. The van der Waals surface area contributed by atoms with Crippen molar-refractivity contribution in [2.45, 2.75) is 6.54 Å². The van der Waals surface area contributed by atoms with Gasteiger partial charge in [0, 0.05) is 0 Å². The van der Waals surface area contributed by atoms with Gasteiger partial charge >= 0.3 is 17.8 Å². The van der Waals surface area contributed by atoms with Crippen LogP contribution in [0.25, 0.3) is 0 Å². The first-order chi connectivity index (χ1) is 10.0. The minimum Gasteiger partial charge on any atom is -0.467 e. The van der Waals surface area contributed by atoms with Crippen LogP contribution in [0.1, 0.15) is 5.76 Å². The van der Waals surface area contributed by atoms with Crippen LogP contribution in [0.4, 0.5) is 4.79 Å². The molecule has 1 fully saturated rings. The summed E-state index contributed by atoms with van der Waals surface area (Å²) in [6, 6.07) is 2.29. The van der Waals surface area contributed by atoms with E-state index in [9.17, 15) is 19.2 Å². The number of nitrogens with one attached hydrogen (secondary N) is 1. The maximum Gasteiger partial charge on any atom is 0.335 e. The highest BCUT2D eigenvalue weighted by Crippen LogP contribution is 2.15. The van der Waals surface area contributed by atoms with E-state index in [0.717, 1.165) is 4.90 Å². The molecule has 0 spiro atoms. The van der Waals surface area contributed by atoms with Crippen molar-refractivity contribution in [1.82, 2.24) is 15.1 Å². The molecule has 108 valence electrons. The van der Waals surface area contributed by atoms with Gasteiger partial charge in [-0.15, -0.1) is 6.42 Å². The lowest BCUT2D eigenvalue weighted by atomic mass is 10.4. The van der Waals surface area contributed by atoms with Crippen molar-refractivity contribution in [2.75, 3.05) is 13.1 Å². The van der Waals surface area contributed by atoms with Gasteiger partial charge in [0.25, 0.3) is 0 Å². The van der Waals surface area contributed by atoms with Gasteiger partial charge in [0.05, 0.1) is 19.4 Å². The molecule has 8 heteroatoms. The summed E-state index contributed by atoms with van der Waals surface area (Å²) in [6.45, 7) is -0.752. The third-order valence-electron chi connectivity index (χ3n) is 2.72. The van der Waals surface area contributed by atoms with Crippen LogP contribution in [-0.4, -0.2) is 46.6 Å². The van der Waals surface area contributed by atoms with Gasteiger partial charge < -0.3 is 9.73 Å². The van der Waals surface area contributed by atoms with Crippen LogP contribution < -0.4 is 5.32 Å². The zero-order valence-corrected chi connectivity index (χ0v) is 10.9. The number of amides is 5. The lowest BCUT2D eigenvalue weighted by Crippen LogP contribution is -2.41. The van der Waals surface area contributed by atoms with Gasteiger partial charge in [-0.2, -0.15) is 0 Å². The van der Waals surface area contributed by atoms with Crippen molar-refractivity contribution in [1.29, 1.82) is 0 Å². The molecule has 1 saturated heterocycles. The Hall–Kier alpha value is -3.08. The minimum atomic E-state index is -1.05. The van der Waals surface area contributed by atoms with Crippen LogP contribution in [0.3, 0.4) is 0 Å². The molecule has 5 amide bonds. The summed E-state index contributed by atoms with van der Waals surface area (Å²) in [5, 5.41) is 2.31. The molecule has 1 aliphatic heterocycles. The molecule has 0 unspecified atom stereocenters. The van der Waals surface area contributed by atoms with Gasteiger partial charge in [-0.05, 0) is 12.1 Å². The number of hydrogen-bond donors (Lipinski definition) is 1. The first kappa shape index (κ1) is 14.3. The SMILES string of the molecule is C#CCNC(=O)CN1C(=O)C(=O)N(Cc2ccco2)C1=O.